The molecule has 0 saturated carbocycles. The number of benzene rings is 2. The summed E-state index contributed by atoms with van der Waals surface area (Å²) in [6.07, 6.45) is 1.07. The van der Waals surface area contributed by atoms with E-state index >= 15 is 0 Å². The molecule has 1 aromatic heterocycles. The monoisotopic (exact) mass is 541 g/mol. The Morgan fingerprint density at radius 1 is 1.05 bits per heavy atom. The van der Waals surface area contributed by atoms with Crippen LogP contribution in [0.25, 0.3) is 11.3 Å². The first-order chi connectivity index (χ1) is 19.3. The molecule has 2 aromatic carbocycles. The highest BCUT2D eigenvalue weighted by Gasteiger charge is 2.43. The number of nitrogens with one attached hydrogen (secondary N) is 2. The first kappa shape index (κ1) is 27.3. The number of hydrogen-bond acceptors (Lipinski definition) is 5. The van der Waals surface area contributed by atoms with E-state index in [0.29, 0.717) is 18.9 Å². The topological polar surface area (TPSA) is 111 Å². The van der Waals surface area contributed by atoms with Crippen molar-refractivity contribution in [2.75, 3.05) is 20.3 Å². The van der Waals surface area contributed by atoms with Crippen LogP contribution in [0.5, 0.6) is 0 Å². The molecule has 0 bridgehead atoms. The van der Waals surface area contributed by atoms with Gasteiger partial charge in [-0.2, -0.15) is 0 Å². The van der Waals surface area contributed by atoms with Gasteiger partial charge in [-0.25, -0.2) is 14.6 Å². The number of rotatable bonds is 6. The van der Waals surface area contributed by atoms with E-state index in [4.69, 9.17) is 4.74 Å². The van der Waals surface area contributed by atoms with E-state index < -0.39 is 18.2 Å². The number of fused-ring (bicyclic) bond motifs is 1. The molecule has 5 rings (SSSR count). The second-order valence-corrected chi connectivity index (χ2v) is 10.5. The summed E-state index contributed by atoms with van der Waals surface area (Å²) in [5.41, 5.74) is 5.16. The molecule has 4 amide bonds. The van der Waals surface area contributed by atoms with Crippen LogP contribution in [-0.2, 0) is 22.6 Å². The Kier molecular flexibility index (Phi) is 7.82. The molecule has 1 radical (unpaired) electrons. The van der Waals surface area contributed by atoms with Gasteiger partial charge in [0.05, 0.1) is 32.2 Å². The van der Waals surface area contributed by atoms with Gasteiger partial charge in [-0.05, 0) is 22.6 Å². The van der Waals surface area contributed by atoms with Gasteiger partial charge >= 0.3 is 12.1 Å². The lowest BCUT2D eigenvalue weighted by Gasteiger charge is -2.29. The van der Waals surface area contributed by atoms with E-state index in [9.17, 15) is 14.4 Å². The van der Waals surface area contributed by atoms with Crippen molar-refractivity contribution >= 4 is 30.8 Å². The third-order valence-corrected chi connectivity index (χ3v) is 7.62. The highest BCUT2D eigenvalue weighted by molar-refractivity contribution is 6.51. The molecular formula is C29H34BN6O4. The molecule has 2 atom stereocenters. The quantitative estimate of drug-likeness (QED) is 0.466. The summed E-state index contributed by atoms with van der Waals surface area (Å²) in [6.45, 7) is 7.11. The number of nitrogens with zero attached hydrogens (tertiary/aromatic N) is 4. The Labute approximate surface area is 234 Å². The summed E-state index contributed by atoms with van der Waals surface area (Å²) >= 11 is 0. The van der Waals surface area contributed by atoms with Crippen molar-refractivity contribution in [1.29, 1.82) is 0 Å². The smallest absolute Gasteiger partial charge is 0.407 e. The van der Waals surface area contributed by atoms with Gasteiger partial charge in [0.2, 0.25) is 5.91 Å². The Hall–Kier alpha value is -4.28. The fourth-order valence-corrected chi connectivity index (χ4v) is 5.30. The van der Waals surface area contributed by atoms with E-state index in [0.717, 1.165) is 27.8 Å². The molecule has 1 fully saturated rings. The van der Waals surface area contributed by atoms with Gasteiger partial charge in [-0.15, -0.1) is 0 Å². The minimum absolute atomic E-state index is 0.0817. The van der Waals surface area contributed by atoms with Crippen LogP contribution in [0.4, 0.5) is 9.59 Å². The van der Waals surface area contributed by atoms with Gasteiger partial charge in [0.25, 0.3) is 0 Å². The minimum atomic E-state index is -0.826. The van der Waals surface area contributed by atoms with Gasteiger partial charge in [0, 0.05) is 13.1 Å². The standard InChI is InChI=1S/C29H34BN6O4/c1-18(2)25(33-28(38)40-4)27(37)36-17-35(29(39)34-14-20-7-5-6-8-21(20)15-34)16-24(36)26-31-13-23(32-26)19-9-11-22(30-3)12-10-19/h5-13,18,24-25H,14-17H2,1-4H3,(H,31,32)(H,33,38)/t24?,25-/m0/s1. The molecule has 1 saturated heterocycles. The number of alkyl carbamates (subject to hydrolysis) is 1. The van der Waals surface area contributed by atoms with Crippen LogP contribution in [0.3, 0.4) is 0 Å². The fraction of sp³-hybridized carbons (Fsp3) is 0.379. The molecule has 0 aliphatic carbocycles. The number of amides is 4. The first-order valence-electron chi connectivity index (χ1n) is 13.5. The normalized spacial score (nSPS) is 17.1. The number of imidazole rings is 1. The number of urea groups is 1. The highest BCUT2D eigenvalue weighted by Crippen LogP contribution is 2.32. The highest BCUT2D eigenvalue weighted by atomic mass is 16.5. The molecule has 11 heteroatoms. The number of hydrogen-bond donors (Lipinski definition) is 2. The molecule has 0 spiro atoms. The van der Waals surface area contributed by atoms with Crippen molar-refractivity contribution in [3.05, 3.63) is 71.7 Å². The van der Waals surface area contributed by atoms with Gasteiger partial charge in [0.15, 0.2) is 0 Å². The molecule has 2 aliphatic heterocycles. The van der Waals surface area contributed by atoms with Crippen LogP contribution in [0.15, 0.2) is 54.7 Å². The van der Waals surface area contributed by atoms with Crippen molar-refractivity contribution in [3.63, 3.8) is 0 Å². The number of carbonyl (C=O) groups is 3. The Morgan fingerprint density at radius 2 is 1.73 bits per heavy atom. The van der Waals surface area contributed by atoms with Crippen molar-refractivity contribution in [3.8, 4) is 11.3 Å². The number of carbonyl (C=O) groups excluding carboxylic acids is 3. The van der Waals surface area contributed by atoms with Crippen molar-refractivity contribution in [2.24, 2.45) is 5.92 Å². The minimum Gasteiger partial charge on any atom is -0.453 e. The van der Waals surface area contributed by atoms with E-state index in [2.05, 4.69) is 15.3 Å². The van der Waals surface area contributed by atoms with Crippen LogP contribution >= 0.6 is 0 Å². The predicted molar refractivity (Wildman–Crippen MR) is 152 cm³/mol. The van der Waals surface area contributed by atoms with Crippen LogP contribution in [0, 0.1) is 5.92 Å². The molecule has 3 aromatic rings. The van der Waals surface area contributed by atoms with Crippen LogP contribution < -0.4 is 10.8 Å². The molecule has 207 valence electrons. The SMILES string of the molecule is C[B]c1ccc(-c2cnc(C3CN(C(=O)N4Cc5ccccc5C4)CN3C(=O)[C@@H](NC(=O)OC)C(C)C)[nH]2)cc1. The van der Waals surface area contributed by atoms with Gasteiger partial charge in [-0.3, -0.25) is 4.79 Å². The molecule has 10 nitrogen and oxygen atoms in total. The number of aromatic nitrogens is 2. The first-order valence-corrected chi connectivity index (χ1v) is 13.5. The van der Waals surface area contributed by atoms with Crippen LogP contribution in [0.1, 0.15) is 36.8 Å². The van der Waals surface area contributed by atoms with E-state index in [1.54, 1.807) is 20.9 Å². The summed E-state index contributed by atoms with van der Waals surface area (Å²) in [5.74, 6) is 0.0763. The largest absolute Gasteiger partial charge is 0.453 e. The number of methoxy groups -OCH3 is 1. The fourth-order valence-electron chi connectivity index (χ4n) is 5.30. The Morgan fingerprint density at radius 3 is 2.33 bits per heavy atom. The average molecular weight is 541 g/mol. The van der Waals surface area contributed by atoms with Crippen LogP contribution in [-0.4, -0.2) is 76.3 Å². The molecule has 1 unspecified atom stereocenters. The van der Waals surface area contributed by atoms with Gasteiger partial charge < -0.3 is 29.7 Å². The zero-order chi connectivity index (χ0) is 28.4. The van der Waals surface area contributed by atoms with Crippen molar-refractivity contribution in [1.82, 2.24) is 30.0 Å². The van der Waals surface area contributed by atoms with Crippen molar-refractivity contribution < 1.29 is 19.1 Å². The maximum Gasteiger partial charge on any atom is 0.407 e. The summed E-state index contributed by atoms with van der Waals surface area (Å²) in [5, 5.41) is 2.67. The molecule has 2 N–H and O–H groups in total. The zero-order valence-corrected chi connectivity index (χ0v) is 23.3. The summed E-state index contributed by atoms with van der Waals surface area (Å²) < 4.78 is 4.77. The third kappa shape index (κ3) is 5.41. The molecule has 2 aliphatic rings. The van der Waals surface area contributed by atoms with E-state index in [-0.39, 0.29) is 31.1 Å². The lowest BCUT2D eigenvalue weighted by molar-refractivity contribution is -0.135. The van der Waals surface area contributed by atoms with Gasteiger partial charge in [0.1, 0.15) is 25.2 Å². The second kappa shape index (κ2) is 11.5. The summed E-state index contributed by atoms with van der Waals surface area (Å²) in [7, 11) is 3.29. The average Bonchev–Trinajstić information content (AvgIpc) is 3.73. The predicted octanol–water partition coefficient (Wildman–Crippen LogP) is 3.11. The maximum atomic E-state index is 13.9. The summed E-state index contributed by atoms with van der Waals surface area (Å²) in [6, 6.07) is 14.6. The number of ether oxygens (including phenoxy) is 1. The van der Waals surface area contributed by atoms with E-state index in [1.165, 1.54) is 7.11 Å². The molecular weight excluding hydrogens is 507 g/mol. The molecule has 40 heavy (non-hydrogen) atoms. The van der Waals surface area contributed by atoms with Crippen LogP contribution in [0.2, 0.25) is 6.82 Å². The number of H-pyrrole nitrogens is 1. The number of aromatic amines is 1. The van der Waals surface area contributed by atoms with Crippen molar-refractivity contribution in [2.45, 2.75) is 45.8 Å². The lowest BCUT2D eigenvalue weighted by Crippen LogP contribution is -2.52. The lowest BCUT2D eigenvalue weighted by atomic mass is 9.73. The van der Waals surface area contributed by atoms with Gasteiger partial charge in [-0.1, -0.05) is 74.7 Å². The van der Waals surface area contributed by atoms with E-state index in [1.807, 2.05) is 76.5 Å². The zero-order valence-electron chi connectivity index (χ0n) is 23.3. The third-order valence-electron chi connectivity index (χ3n) is 7.62. The maximum absolute atomic E-state index is 13.9. The second-order valence-electron chi connectivity index (χ2n) is 10.5. The molecule has 3 heterocycles. The summed E-state index contributed by atoms with van der Waals surface area (Å²) in [4.78, 5) is 52.7. The Bertz CT molecular complexity index is 1370. The Balaban J connectivity index is 1.42.